The highest BCUT2D eigenvalue weighted by atomic mass is 28.4. The van der Waals surface area contributed by atoms with Crippen LogP contribution in [0.15, 0.2) is 30.3 Å². The zero-order valence-corrected chi connectivity index (χ0v) is 13.9. The molecule has 1 heterocycles. The molecule has 1 aromatic carbocycles. The smallest absolute Gasteiger partial charge is 0.389 e. The first-order valence-corrected chi connectivity index (χ1v) is 10.6. The van der Waals surface area contributed by atoms with Gasteiger partial charge in [-0.1, -0.05) is 30.3 Å². The molecule has 1 atom stereocenters. The molecular formula is C15H20F3NO2Si. The van der Waals surface area contributed by atoms with E-state index in [2.05, 4.69) is 0 Å². The van der Waals surface area contributed by atoms with Gasteiger partial charge in [-0.05, 0) is 25.2 Å². The number of rotatable bonds is 4. The second kappa shape index (κ2) is 5.70. The molecule has 22 heavy (non-hydrogen) atoms. The fraction of sp³-hybridized carbons (Fsp3) is 0.533. The second-order valence-corrected chi connectivity index (χ2v) is 10.9. The molecule has 122 valence electrons. The Hall–Kier alpha value is -1.34. The van der Waals surface area contributed by atoms with Crippen LogP contribution in [0.1, 0.15) is 18.4 Å². The first kappa shape index (κ1) is 17.0. The van der Waals surface area contributed by atoms with Crippen LogP contribution in [0.4, 0.5) is 13.2 Å². The summed E-state index contributed by atoms with van der Waals surface area (Å²) in [4.78, 5) is 12.9. The Balaban J connectivity index is 2.40. The van der Waals surface area contributed by atoms with Gasteiger partial charge in [0.2, 0.25) is 11.6 Å². The van der Waals surface area contributed by atoms with Crippen molar-refractivity contribution in [2.24, 2.45) is 0 Å². The van der Waals surface area contributed by atoms with Crippen molar-refractivity contribution in [1.29, 1.82) is 0 Å². The first-order valence-electron chi connectivity index (χ1n) is 7.16. The second-order valence-electron chi connectivity index (χ2n) is 6.46. The van der Waals surface area contributed by atoms with E-state index in [0.29, 0.717) is 5.56 Å². The molecule has 1 saturated heterocycles. The van der Waals surface area contributed by atoms with Gasteiger partial charge in [0.05, 0.1) is 0 Å². The number of benzene rings is 1. The summed E-state index contributed by atoms with van der Waals surface area (Å²) < 4.78 is 46.9. The minimum atomic E-state index is -4.62. The van der Waals surface area contributed by atoms with Gasteiger partial charge < -0.3 is 9.33 Å². The third-order valence-electron chi connectivity index (χ3n) is 3.52. The molecular weight excluding hydrogens is 311 g/mol. The molecule has 1 fully saturated rings. The van der Waals surface area contributed by atoms with E-state index in [1.54, 1.807) is 50.0 Å². The molecule has 1 aliphatic heterocycles. The van der Waals surface area contributed by atoms with Gasteiger partial charge in [-0.2, -0.15) is 13.2 Å². The normalized spacial score (nSPS) is 23.2. The van der Waals surface area contributed by atoms with Crippen molar-refractivity contribution < 1.29 is 22.4 Å². The lowest BCUT2D eigenvalue weighted by molar-refractivity contribution is -0.295. The summed E-state index contributed by atoms with van der Waals surface area (Å²) in [5.74, 6) is -0.514. The Morgan fingerprint density at radius 3 is 2.32 bits per heavy atom. The number of hydrogen-bond acceptors (Lipinski definition) is 2. The monoisotopic (exact) mass is 331 g/mol. The molecule has 0 aromatic heterocycles. The molecule has 1 aromatic rings. The Bertz CT molecular complexity index is 542. The number of carbonyl (C=O) groups is 1. The lowest BCUT2D eigenvalue weighted by Crippen LogP contribution is -2.61. The average molecular weight is 331 g/mol. The third kappa shape index (κ3) is 3.35. The number of hydrogen-bond donors (Lipinski definition) is 0. The number of carbonyl (C=O) groups excluding carboxylic acids is 1. The summed E-state index contributed by atoms with van der Waals surface area (Å²) >= 11 is 0. The zero-order valence-electron chi connectivity index (χ0n) is 12.9. The van der Waals surface area contributed by atoms with E-state index in [1.165, 1.54) is 0 Å². The van der Waals surface area contributed by atoms with Gasteiger partial charge in [0.1, 0.15) is 0 Å². The summed E-state index contributed by atoms with van der Waals surface area (Å²) in [6.07, 6.45) is -5.10. The average Bonchev–Trinajstić information content (AvgIpc) is 2.68. The van der Waals surface area contributed by atoms with Crippen molar-refractivity contribution in [3.63, 3.8) is 0 Å². The predicted octanol–water partition coefficient (Wildman–Crippen LogP) is 3.92. The summed E-state index contributed by atoms with van der Waals surface area (Å²) in [5, 5.41) is 0. The van der Waals surface area contributed by atoms with Crippen LogP contribution in [0, 0.1) is 0 Å². The third-order valence-corrected chi connectivity index (χ3v) is 4.47. The van der Waals surface area contributed by atoms with Crippen molar-refractivity contribution >= 4 is 14.2 Å². The molecule has 0 saturated carbocycles. The van der Waals surface area contributed by atoms with Gasteiger partial charge in [0, 0.05) is 19.4 Å². The van der Waals surface area contributed by atoms with E-state index in [0.717, 1.165) is 4.90 Å². The number of amides is 1. The lowest BCUT2D eigenvalue weighted by Gasteiger charge is -2.43. The molecule has 0 N–H and O–H groups in total. The zero-order chi connectivity index (χ0) is 16.6. The van der Waals surface area contributed by atoms with Crippen LogP contribution in [0.25, 0.3) is 0 Å². The molecule has 0 bridgehead atoms. The Morgan fingerprint density at radius 2 is 1.82 bits per heavy atom. The summed E-state index contributed by atoms with van der Waals surface area (Å²) in [5.41, 5.74) is -1.84. The molecule has 0 radical (unpaired) electrons. The number of halogens is 3. The van der Waals surface area contributed by atoms with E-state index < -0.39 is 26.1 Å². The maximum absolute atomic E-state index is 13.8. The number of alkyl halides is 3. The standard InChI is InChI=1S/C15H20F3NO2Si/c1-22(2,3)21-14(15(16,17)18)10-9-13(20)19(14)11-12-7-5-4-6-8-12/h4-8H,9-11H2,1-3H3. The number of likely N-dealkylation sites (tertiary alicyclic amines) is 1. The van der Waals surface area contributed by atoms with Crippen LogP contribution in [-0.2, 0) is 15.8 Å². The highest BCUT2D eigenvalue weighted by Gasteiger charge is 2.65. The van der Waals surface area contributed by atoms with Crippen molar-refractivity contribution in [2.75, 3.05) is 0 Å². The molecule has 7 heteroatoms. The van der Waals surface area contributed by atoms with Gasteiger partial charge in [0.15, 0.2) is 8.32 Å². The van der Waals surface area contributed by atoms with E-state index in [9.17, 15) is 18.0 Å². The fourth-order valence-electron chi connectivity index (χ4n) is 2.69. The van der Waals surface area contributed by atoms with Crippen LogP contribution in [-0.4, -0.2) is 31.0 Å². The molecule has 1 aliphatic rings. The summed E-state index contributed by atoms with van der Waals surface area (Å²) in [6.45, 7) is 5.00. The van der Waals surface area contributed by atoms with Gasteiger partial charge in [0.25, 0.3) is 0 Å². The first-order chi connectivity index (χ1) is 10.1. The van der Waals surface area contributed by atoms with Crippen LogP contribution in [0.5, 0.6) is 0 Å². The van der Waals surface area contributed by atoms with Crippen molar-refractivity contribution in [1.82, 2.24) is 4.90 Å². The van der Waals surface area contributed by atoms with Crippen LogP contribution in [0.3, 0.4) is 0 Å². The molecule has 3 nitrogen and oxygen atoms in total. The van der Waals surface area contributed by atoms with Crippen molar-refractivity contribution in [2.45, 2.75) is 50.9 Å². The van der Waals surface area contributed by atoms with Gasteiger partial charge >= 0.3 is 6.18 Å². The highest BCUT2D eigenvalue weighted by molar-refractivity contribution is 6.69. The lowest BCUT2D eigenvalue weighted by atomic mass is 10.1. The van der Waals surface area contributed by atoms with Gasteiger partial charge in [-0.25, -0.2) is 0 Å². The summed E-state index contributed by atoms with van der Waals surface area (Å²) in [7, 11) is -2.51. The van der Waals surface area contributed by atoms with E-state index in [-0.39, 0.29) is 19.4 Å². The maximum Gasteiger partial charge on any atom is 0.435 e. The summed E-state index contributed by atoms with van der Waals surface area (Å²) in [6, 6.07) is 8.68. The van der Waals surface area contributed by atoms with E-state index in [4.69, 9.17) is 4.43 Å². The minimum Gasteiger partial charge on any atom is -0.389 e. The largest absolute Gasteiger partial charge is 0.435 e. The van der Waals surface area contributed by atoms with E-state index >= 15 is 0 Å². The SMILES string of the molecule is C[Si](C)(C)OC1(C(F)(F)F)CCC(=O)N1Cc1ccccc1. The molecule has 1 unspecified atom stereocenters. The Morgan fingerprint density at radius 1 is 1.23 bits per heavy atom. The predicted molar refractivity (Wildman–Crippen MR) is 79.4 cm³/mol. The highest BCUT2D eigenvalue weighted by Crippen LogP contribution is 2.46. The molecule has 0 aliphatic carbocycles. The quantitative estimate of drug-likeness (QED) is 0.783. The van der Waals surface area contributed by atoms with Crippen LogP contribution >= 0.6 is 0 Å². The fourth-order valence-corrected chi connectivity index (χ4v) is 4.04. The molecule has 1 amide bonds. The molecule has 0 spiro atoms. The maximum atomic E-state index is 13.8. The Kier molecular flexibility index (Phi) is 4.41. The van der Waals surface area contributed by atoms with Gasteiger partial charge in [-0.15, -0.1) is 0 Å². The van der Waals surface area contributed by atoms with Crippen LogP contribution < -0.4 is 0 Å². The van der Waals surface area contributed by atoms with Crippen LogP contribution in [0.2, 0.25) is 19.6 Å². The van der Waals surface area contributed by atoms with Gasteiger partial charge in [-0.3, -0.25) is 4.79 Å². The van der Waals surface area contributed by atoms with Crippen molar-refractivity contribution in [3.05, 3.63) is 35.9 Å². The number of nitrogens with zero attached hydrogens (tertiary/aromatic N) is 1. The van der Waals surface area contributed by atoms with Crippen molar-refractivity contribution in [3.8, 4) is 0 Å². The minimum absolute atomic E-state index is 0.0936. The van der Waals surface area contributed by atoms with E-state index in [1.807, 2.05) is 0 Å². The Labute approximate surface area is 129 Å². The topological polar surface area (TPSA) is 29.5 Å². The molecule has 2 rings (SSSR count).